The number of rotatable bonds is 0. The van der Waals surface area contributed by atoms with Crippen molar-refractivity contribution in [3.05, 3.63) is 0 Å². The van der Waals surface area contributed by atoms with Gasteiger partial charge in [0.25, 0.3) is 0 Å². The summed E-state index contributed by atoms with van der Waals surface area (Å²) in [6.45, 7) is 0. The highest BCUT2D eigenvalue weighted by Gasteiger charge is 1.79. The normalized spacial score (nSPS) is 9.38. The Bertz CT molecular complexity index is 29.5. The third-order valence-electron chi connectivity index (χ3n) is 0. The van der Waals surface area contributed by atoms with E-state index in [0.717, 1.165) is 0 Å². The van der Waals surface area contributed by atoms with E-state index >= 15 is 0 Å². The van der Waals surface area contributed by atoms with Crippen molar-refractivity contribution in [1.82, 2.24) is 4.90 Å². The SMILES string of the molecule is CN(C)C.FC(F)[SiH3]. The average Bonchev–Trinajstić information content (AvgIpc) is 1.25. The first kappa shape index (κ1) is 10.9. The molecule has 0 rings (SSSR count). The van der Waals surface area contributed by atoms with Gasteiger partial charge in [-0.05, 0) is 21.1 Å². The molecule has 52 valence electrons. The topological polar surface area (TPSA) is 3.24 Å². The van der Waals surface area contributed by atoms with Crippen LogP contribution in [0.25, 0.3) is 0 Å². The zero-order valence-electron chi connectivity index (χ0n) is 5.78. The molecule has 0 aliphatic rings. The predicted molar refractivity (Wildman–Crippen MR) is 35.6 cm³/mol. The van der Waals surface area contributed by atoms with Crippen molar-refractivity contribution in [2.45, 2.75) is 6.05 Å². The summed E-state index contributed by atoms with van der Waals surface area (Å²) >= 11 is 0. The summed E-state index contributed by atoms with van der Waals surface area (Å²) in [5.74, 6) is 0. The third-order valence-corrected chi connectivity index (χ3v) is 0. The summed E-state index contributed by atoms with van der Waals surface area (Å²) in [7, 11) is 6.02. The number of hydrogen-bond donors (Lipinski definition) is 0. The Morgan fingerprint density at radius 2 is 1.25 bits per heavy atom. The highest BCUT2D eigenvalue weighted by atomic mass is 28.1. The van der Waals surface area contributed by atoms with Crippen LogP contribution in [0.1, 0.15) is 0 Å². The predicted octanol–water partition coefficient (Wildman–Crippen LogP) is -0.248. The molecule has 0 aliphatic carbocycles. The van der Waals surface area contributed by atoms with Crippen molar-refractivity contribution in [3.8, 4) is 0 Å². The first-order chi connectivity index (χ1) is 3.46. The van der Waals surface area contributed by atoms with Crippen molar-refractivity contribution in [2.75, 3.05) is 21.1 Å². The summed E-state index contributed by atoms with van der Waals surface area (Å²) in [5, 5.41) is 0. The van der Waals surface area contributed by atoms with E-state index in [0.29, 0.717) is 0 Å². The van der Waals surface area contributed by atoms with Gasteiger partial charge in [-0.3, -0.25) is 0 Å². The van der Waals surface area contributed by atoms with Gasteiger partial charge in [-0.2, -0.15) is 0 Å². The van der Waals surface area contributed by atoms with Gasteiger partial charge in [0.2, 0.25) is 6.05 Å². The van der Waals surface area contributed by atoms with Crippen LogP contribution in [0.3, 0.4) is 0 Å². The third kappa shape index (κ3) is 113000. The maximum absolute atomic E-state index is 10.4. The van der Waals surface area contributed by atoms with Gasteiger partial charge in [0.05, 0.1) is 10.2 Å². The van der Waals surface area contributed by atoms with Crippen LogP contribution < -0.4 is 0 Å². The maximum Gasteiger partial charge on any atom is 0.210 e. The highest BCUT2D eigenvalue weighted by Crippen LogP contribution is 1.76. The van der Waals surface area contributed by atoms with E-state index in [2.05, 4.69) is 0 Å². The lowest BCUT2D eigenvalue weighted by atomic mass is 11.0. The second-order valence-corrected chi connectivity index (χ2v) is 2.73. The van der Waals surface area contributed by atoms with Crippen molar-refractivity contribution in [2.24, 2.45) is 0 Å². The summed E-state index contributed by atoms with van der Waals surface area (Å²) in [5.41, 5.74) is 0. The summed E-state index contributed by atoms with van der Waals surface area (Å²) in [6, 6.07) is -2.03. The zero-order valence-corrected chi connectivity index (χ0v) is 7.78. The van der Waals surface area contributed by atoms with Crippen molar-refractivity contribution in [3.63, 3.8) is 0 Å². The van der Waals surface area contributed by atoms with Gasteiger partial charge >= 0.3 is 0 Å². The highest BCUT2D eigenvalue weighted by molar-refractivity contribution is 6.09. The molecule has 1 nitrogen and oxygen atoms in total. The van der Waals surface area contributed by atoms with Crippen molar-refractivity contribution < 1.29 is 8.78 Å². The molecule has 0 bridgehead atoms. The number of alkyl halides is 2. The summed E-state index contributed by atoms with van der Waals surface area (Å²) in [4.78, 5) is 2.00. The van der Waals surface area contributed by atoms with Gasteiger partial charge in [0.15, 0.2) is 0 Å². The molecule has 8 heavy (non-hydrogen) atoms. The molecule has 0 heterocycles. The van der Waals surface area contributed by atoms with Crippen LogP contribution >= 0.6 is 0 Å². The van der Waals surface area contributed by atoms with Crippen LogP contribution in [0.2, 0.25) is 0 Å². The molecule has 0 aromatic rings. The van der Waals surface area contributed by atoms with E-state index in [4.69, 9.17) is 0 Å². The minimum Gasteiger partial charge on any atom is -0.312 e. The van der Waals surface area contributed by atoms with E-state index in [-0.39, 0.29) is 10.2 Å². The lowest BCUT2D eigenvalue weighted by molar-refractivity contribution is 0.242. The van der Waals surface area contributed by atoms with Crippen molar-refractivity contribution >= 4 is 10.2 Å². The fraction of sp³-hybridized carbons (Fsp3) is 1.00. The summed E-state index contributed by atoms with van der Waals surface area (Å²) in [6.07, 6.45) is 0. The zero-order chi connectivity index (χ0) is 7.15. The molecule has 0 radical (unpaired) electrons. The molecule has 0 atom stereocenters. The molecule has 0 fully saturated rings. The Morgan fingerprint density at radius 1 is 1.25 bits per heavy atom. The Labute approximate surface area is 52.1 Å². The number of nitrogens with zero attached hydrogens (tertiary/aromatic N) is 1. The summed E-state index contributed by atoms with van der Waals surface area (Å²) < 4.78 is 20.8. The van der Waals surface area contributed by atoms with Gasteiger partial charge in [-0.25, -0.2) is 8.78 Å². The van der Waals surface area contributed by atoms with Crippen LogP contribution in [0, 0.1) is 0 Å². The number of halogens is 2. The van der Waals surface area contributed by atoms with Crippen molar-refractivity contribution in [1.29, 1.82) is 0 Å². The first-order valence-electron chi connectivity index (χ1n) is 2.36. The molecule has 4 heteroatoms. The molecule has 0 spiro atoms. The quantitative estimate of drug-likeness (QED) is 0.421. The van der Waals surface area contributed by atoms with Gasteiger partial charge in [0, 0.05) is 0 Å². The van der Waals surface area contributed by atoms with E-state index in [1.807, 2.05) is 26.0 Å². The Balaban J connectivity index is 0. The van der Waals surface area contributed by atoms with Gasteiger partial charge in [0.1, 0.15) is 0 Å². The van der Waals surface area contributed by atoms with Gasteiger partial charge in [-0.15, -0.1) is 0 Å². The molecule has 0 saturated carbocycles. The maximum atomic E-state index is 10.4. The Hall–Kier alpha value is 0.0369. The monoisotopic (exact) mass is 141 g/mol. The van der Waals surface area contributed by atoms with Gasteiger partial charge in [-0.1, -0.05) is 0 Å². The molecule has 0 N–H and O–H groups in total. The lowest BCUT2D eigenvalue weighted by Crippen LogP contribution is -1.99. The molecular weight excluding hydrogens is 128 g/mol. The molecule has 0 aromatic carbocycles. The fourth-order valence-electron chi connectivity index (χ4n) is 0. The fourth-order valence-corrected chi connectivity index (χ4v) is 0. The second-order valence-electron chi connectivity index (χ2n) is 1.86. The minimum absolute atomic E-state index is 0.0154. The van der Waals surface area contributed by atoms with Crippen LogP contribution in [0.4, 0.5) is 8.78 Å². The second kappa shape index (κ2) is 7.04. The largest absolute Gasteiger partial charge is 0.312 e. The molecule has 0 amide bonds. The van der Waals surface area contributed by atoms with E-state index in [1.165, 1.54) is 0 Å². The van der Waals surface area contributed by atoms with E-state index in [9.17, 15) is 8.78 Å². The lowest BCUT2D eigenvalue weighted by Gasteiger charge is -1.90. The Morgan fingerprint density at radius 3 is 1.25 bits per heavy atom. The van der Waals surface area contributed by atoms with Crippen LogP contribution in [0.5, 0.6) is 0 Å². The van der Waals surface area contributed by atoms with Gasteiger partial charge < -0.3 is 4.90 Å². The molecule has 0 unspecified atom stereocenters. The number of hydrogen-bond acceptors (Lipinski definition) is 1. The average molecular weight is 141 g/mol. The first-order valence-corrected chi connectivity index (χ1v) is 3.51. The van der Waals surface area contributed by atoms with E-state index < -0.39 is 6.05 Å². The van der Waals surface area contributed by atoms with Crippen LogP contribution in [0.15, 0.2) is 0 Å². The van der Waals surface area contributed by atoms with Crippen LogP contribution in [-0.4, -0.2) is 42.3 Å². The smallest absolute Gasteiger partial charge is 0.210 e. The standard InChI is InChI=1S/C3H9N.CH4F2Si/c1-4(2)3;2-1(3)4/h1-3H3;1H,4H3. The molecule has 0 aliphatic heterocycles. The van der Waals surface area contributed by atoms with E-state index in [1.54, 1.807) is 0 Å². The van der Waals surface area contributed by atoms with Crippen LogP contribution in [-0.2, 0) is 0 Å². The molecular formula is C4H13F2NSi. The Kier molecular flexibility index (Phi) is 9.61. The minimum atomic E-state index is -2.03. The molecule has 0 aromatic heterocycles. The molecule has 0 saturated heterocycles.